The molecule has 25 heavy (non-hydrogen) atoms. The Morgan fingerprint density at radius 1 is 1.08 bits per heavy atom. The maximum absolute atomic E-state index is 12.6. The fourth-order valence-electron chi connectivity index (χ4n) is 2.99. The summed E-state index contributed by atoms with van der Waals surface area (Å²) in [4.78, 5) is 26.6. The van der Waals surface area contributed by atoms with Crippen LogP contribution in [0.5, 0.6) is 0 Å². The van der Waals surface area contributed by atoms with Crippen molar-refractivity contribution in [1.82, 2.24) is 0 Å². The average molecular weight is 401 g/mol. The van der Waals surface area contributed by atoms with Crippen LogP contribution in [0.25, 0.3) is 0 Å². The molecule has 0 unspecified atom stereocenters. The summed E-state index contributed by atoms with van der Waals surface area (Å²) >= 11 is 3.45. The number of anilines is 2. The first-order valence-corrected chi connectivity index (χ1v) is 9.09. The molecule has 1 N–H and O–H groups in total. The Labute approximate surface area is 156 Å². The van der Waals surface area contributed by atoms with Crippen LogP contribution in [0.15, 0.2) is 40.9 Å². The Hall–Kier alpha value is -2.14. The van der Waals surface area contributed by atoms with E-state index < -0.39 is 0 Å². The Bertz CT molecular complexity index is 848. The van der Waals surface area contributed by atoms with Gasteiger partial charge in [-0.15, -0.1) is 0 Å². The molecule has 0 aliphatic carbocycles. The highest BCUT2D eigenvalue weighted by Crippen LogP contribution is 2.28. The van der Waals surface area contributed by atoms with E-state index in [-0.39, 0.29) is 24.2 Å². The lowest BCUT2D eigenvalue weighted by atomic mass is 10.1. The third-order valence-corrected chi connectivity index (χ3v) is 5.61. The first-order valence-electron chi connectivity index (χ1n) is 8.30. The van der Waals surface area contributed by atoms with Crippen LogP contribution in [0, 0.1) is 26.7 Å². The molecule has 1 atom stereocenters. The Balaban J connectivity index is 1.71. The van der Waals surface area contributed by atoms with E-state index in [2.05, 4.69) is 21.2 Å². The zero-order chi connectivity index (χ0) is 18.1. The van der Waals surface area contributed by atoms with Crippen molar-refractivity contribution in [3.05, 3.63) is 57.6 Å². The van der Waals surface area contributed by atoms with Crippen LogP contribution in [0.2, 0.25) is 0 Å². The largest absolute Gasteiger partial charge is 0.326 e. The van der Waals surface area contributed by atoms with E-state index in [9.17, 15) is 9.59 Å². The van der Waals surface area contributed by atoms with Crippen molar-refractivity contribution in [2.75, 3.05) is 16.8 Å². The summed E-state index contributed by atoms with van der Waals surface area (Å²) in [5.41, 5.74) is 5.00. The van der Waals surface area contributed by atoms with Crippen molar-refractivity contribution in [2.45, 2.75) is 27.2 Å². The fourth-order valence-corrected chi connectivity index (χ4v) is 3.24. The van der Waals surface area contributed by atoms with E-state index in [0.29, 0.717) is 6.54 Å². The monoisotopic (exact) mass is 400 g/mol. The zero-order valence-corrected chi connectivity index (χ0v) is 16.2. The van der Waals surface area contributed by atoms with E-state index in [1.54, 1.807) is 4.90 Å². The molecule has 1 aliphatic rings. The molecule has 2 aromatic rings. The van der Waals surface area contributed by atoms with Gasteiger partial charge >= 0.3 is 0 Å². The van der Waals surface area contributed by atoms with Crippen molar-refractivity contribution >= 4 is 39.1 Å². The van der Waals surface area contributed by atoms with Crippen LogP contribution < -0.4 is 10.2 Å². The van der Waals surface area contributed by atoms with Crippen molar-refractivity contribution in [1.29, 1.82) is 0 Å². The summed E-state index contributed by atoms with van der Waals surface area (Å²) in [7, 11) is 0. The van der Waals surface area contributed by atoms with Gasteiger partial charge in [-0.05, 0) is 67.8 Å². The smallest absolute Gasteiger partial charge is 0.229 e. The van der Waals surface area contributed by atoms with Gasteiger partial charge in [-0.1, -0.05) is 22.0 Å². The molecule has 5 heteroatoms. The van der Waals surface area contributed by atoms with Crippen molar-refractivity contribution in [2.24, 2.45) is 5.92 Å². The summed E-state index contributed by atoms with van der Waals surface area (Å²) in [6.45, 7) is 6.46. The van der Waals surface area contributed by atoms with E-state index in [1.165, 1.54) is 5.56 Å². The summed E-state index contributed by atoms with van der Waals surface area (Å²) in [6, 6.07) is 11.6. The third-order valence-electron chi connectivity index (χ3n) is 4.72. The molecule has 1 aliphatic heterocycles. The maximum atomic E-state index is 12.6. The van der Waals surface area contributed by atoms with E-state index in [1.807, 2.05) is 57.2 Å². The molecule has 1 fully saturated rings. The molecule has 0 bridgehead atoms. The first-order chi connectivity index (χ1) is 11.8. The Morgan fingerprint density at radius 2 is 1.84 bits per heavy atom. The molecule has 1 saturated heterocycles. The second kappa shape index (κ2) is 7.00. The van der Waals surface area contributed by atoms with Gasteiger partial charge < -0.3 is 10.2 Å². The molecule has 0 radical (unpaired) electrons. The van der Waals surface area contributed by atoms with Crippen LogP contribution in [-0.2, 0) is 9.59 Å². The Morgan fingerprint density at radius 3 is 2.52 bits per heavy atom. The minimum absolute atomic E-state index is 0.00427. The molecule has 4 nitrogen and oxygen atoms in total. The predicted octanol–water partition coefficient (Wildman–Crippen LogP) is 4.37. The summed E-state index contributed by atoms with van der Waals surface area (Å²) in [5.74, 6) is -0.449. The SMILES string of the molecule is Cc1ccc(N2C[C@@H](C(=O)Nc3ccc(Br)c(C)c3)CC2=O)cc1C. The number of amides is 2. The number of rotatable bonds is 3. The number of carbonyl (C=O) groups is 2. The van der Waals surface area contributed by atoms with Crippen LogP contribution in [0.4, 0.5) is 11.4 Å². The number of aryl methyl sites for hydroxylation is 3. The van der Waals surface area contributed by atoms with Gasteiger partial charge in [0, 0.05) is 28.8 Å². The standard InChI is InChI=1S/C20H21BrN2O2/c1-12-4-6-17(9-13(12)2)23-11-15(10-19(23)24)20(25)22-16-5-7-18(21)14(3)8-16/h4-9,15H,10-11H2,1-3H3,(H,22,25)/t15-/m0/s1. The summed E-state index contributed by atoms with van der Waals surface area (Å²) in [6.07, 6.45) is 0.244. The number of carbonyl (C=O) groups excluding carboxylic acids is 2. The van der Waals surface area contributed by atoms with Crippen molar-refractivity contribution < 1.29 is 9.59 Å². The van der Waals surface area contributed by atoms with Gasteiger partial charge in [-0.3, -0.25) is 9.59 Å². The lowest BCUT2D eigenvalue weighted by Gasteiger charge is -2.18. The summed E-state index contributed by atoms with van der Waals surface area (Å²) in [5, 5.41) is 2.93. The van der Waals surface area contributed by atoms with Gasteiger partial charge in [0.2, 0.25) is 11.8 Å². The molecular weight excluding hydrogens is 380 g/mol. The van der Waals surface area contributed by atoms with E-state index in [4.69, 9.17) is 0 Å². The molecule has 3 rings (SSSR count). The van der Waals surface area contributed by atoms with Crippen LogP contribution in [0.1, 0.15) is 23.1 Å². The highest BCUT2D eigenvalue weighted by molar-refractivity contribution is 9.10. The lowest BCUT2D eigenvalue weighted by Crippen LogP contribution is -2.28. The average Bonchev–Trinajstić information content (AvgIpc) is 2.95. The van der Waals surface area contributed by atoms with Gasteiger partial charge in [0.15, 0.2) is 0 Å². The molecule has 0 aromatic heterocycles. The number of hydrogen-bond donors (Lipinski definition) is 1. The minimum Gasteiger partial charge on any atom is -0.326 e. The second-order valence-corrected chi connectivity index (χ2v) is 7.48. The number of hydrogen-bond acceptors (Lipinski definition) is 2. The van der Waals surface area contributed by atoms with Gasteiger partial charge in [0.25, 0.3) is 0 Å². The normalized spacial score (nSPS) is 17.0. The molecule has 130 valence electrons. The molecule has 0 saturated carbocycles. The predicted molar refractivity (Wildman–Crippen MR) is 104 cm³/mol. The molecule has 2 aromatic carbocycles. The third kappa shape index (κ3) is 3.76. The van der Waals surface area contributed by atoms with Crippen LogP contribution >= 0.6 is 15.9 Å². The first kappa shape index (κ1) is 17.7. The van der Waals surface area contributed by atoms with E-state index >= 15 is 0 Å². The van der Waals surface area contributed by atoms with Gasteiger partial charge in [-0.2, -0.15) is 0 Å². The fraction of sp³-hybridized carbons (Fsp3) is 0.300. The Kier molecular flexibility index (Phi) is 4.95. The molecular formula is C20H21BrN2O2. The highest BCUT2D eigenvalue weighted by atomic mass is 79.9. The van der Waals surface area contributed by atoms with Gasteiger partial charge in [0.05, 0.1) is 5.92 Å². The number of nitrogens with zero attached hydrogens (tertiary/aromatic N) is 1. The molecule has 2 amide bonds. The van der Waals surface area contributed by atoms with Crippen LogP contribution in [-0.4, -0.2) is 18.4 Å². The quantitative estimate of drug-likeness (QED) is 0.831. The number of nitrogens with one attached hydrogen (secondary N) is 1. The zero-order valence-electron chi connectivity index (χ0n) is 14.6. The number of halogens is 1. The molecule has 0 spiro atoms. The topological polar surface area (TPSA) is 49.4 Å². The van der Waals surface area contributed by atoms with Gasteiger partial charge in [-0.25, -0.2) is 0 Å². The van der Waals surface area contributed by atoms with E-state index in [0.717, 1.165) is 27.0 Å². The second-order valence-electron chi connectivity index (χ2n) is 6.63. The number of benzene rings is 2. The van der Waals surface area contributed by atoms with Crippen LogP contribution in [0.3, 0.4) is 0 Å². The molecule has 1 heterocycles. The minimum atomic E-state index is -0.335. The maximum Gasteiger partial charge on any atom is 0.229 e. The van der Waals surface area contributed by atoms with Gasteiger partial charge in [0.1, 0.15) is 0 Å². The highest BCUT2D eigenvalue weighted by Gasteiger charge is 2.35. The van der Waals surface area contributed by atoms with Crippen molar-refractivity contribution in [3.8, 4) is 0 Å². The lowest BCUT2D eigenvalue weighted by molar-refractivity contribution is -0.122. The van der Waals surface area contributed by atoms with Crippen molar-refractivity contribution in [3.63, 3.8) is 0 Å². The summed E-state index contributed by atoms with van der Waals surface area (Å²) < 4.78 is 1.00.